The molecule has 0 aliphatic rings. The number of rotatable bonds is 7. The van der Waals surface area contributed by atoms with Gasteiger partial charge in [-0.1, -0.05) is 47.5 Å². The van der Waals surface area contributed by atoms with Gasteiger partial charge in [0, 0.05) is 23.3 Å². The third-order valence-corrected chi connectivity index (χ3v) is 5.19. The molecule has 1 N–H and O–H groups in total. The second-order valence-electron chi connectivity index (χ2n) is 7.02. The average molecular weight is 396 g/mol. The second-order valence-corrected chi connectivity index (χ2v) is 7.43. The third-order valence-electron chi connectivity index (χ3n) is 4.84. The fraction of sp³-hybridized carbons (Fsp3) is 0.250. The maximum absolute atomic E-state index is 6.51. The highest BCUT2D eigenvalue weighted by molar-refractivity contribution is 6.31. The molecule has 0 aliphatic heterocycles. The highest BCUT2D eigenvalue weighted by Gasteiger charge is 2.11. The zero-order valence-corrected chi connectivity index (χ0v) is 17.6. The number of hydrogen-bond acceptors (Lipinski definition) is 3. The molecule has 0 aromatic heterocycles. The molecule has 0 unspecified atom stereocenters. The van der Waals surface area contributed by atoms with Crippen molar-refractivity contribution < 1.29 is 9.47 Å². The summed E-state index contributed by atoms with van der Waals surface area (Å²) in [6.07, 6.45) is 0. The fourth-order valence-electron chi connectivity index (χ4n) is 2.88. The lowest BCUT2D eigenvalue weighted by Gasteiger charge is -2.15. The Bertz CT molecular complexity index is 952. The Kier molecular flexibility index (Phi) is 6.48. The molecular weight excluding hydrogens is 370 g/mol. The van der Waals surface area contributed by atoms with E-state index in [1.165, 1.54) is 16.7 Å². The van der Waals surface area contributed by atoms with E-state index in [2.05, 4.69) is 68.6 Å². The summed E-state index contributed by atoms with van der Waals surface area (Å²) in [5.74, 6) is 1.32. The minimum atomic E-state index is 0.465. The fourth-order valence-corrected chi connectivity index (χ4v) is 3.10. The van der Waals surface area contributed by atoms with Crippen LogP contribution < -0.4 is 14.8 Å². The summed E-state index contributed by atoms with van der Waals surface area (Å²) in [4.78, 5) is 0. The summed E-state index contributed by atoms with van der Waals surface area (Å²) >= 11 is 6.51. The molecule has 0 fully saturated rings. The molecule has 0 amide bonds. The monoisotopic (exact) mass is 395 g/mol. The molecule has 0 aliphatic carbocycles. The minimum absolute atomic E-state index is 0.465. The summed E-state index contributed by atoms with van der Waals surface area (Å²) in [5.41, 5.74) is 6.89. The number of hydrogen-bond donors (Lipinski definition) is 1. The first-order chi connectivity index (χ1) is 13.5. The molecule has 3 aromatic carbocycles. The van der Waals surface area contributed by atoms with Gasteiger partial charge in [0.2, 0.25) is 0 Å². The molecule has 0 saturated heterocycles. The van der Waals surface area contributed by atoms with Crippen LogP contribution in [0.2, 0.25) is 5.02 Å². The van der Waals surface area contributed by atoms with Crippen molar-refractivity contribution in [2.45, 2.75) is 33.9 Å². The van der Waals surface area contributed by atoms with Crippen LogP contribution in [0, 0.1) is 20.8 Å². The van der Waals surface area contributed by atoms with Crippen molar-refractivity contribution in [2.75, 3.05) is 12.4 Å². The lowest BCUT2D eigenvalue weighted by molar-refractivity contribution is 0.284. The van der Waals surface area contributed by atoms with Crippen LogP contribution >= 0.6 is 11.6 Å². The molecule has 3 nitrogen and oxygen atoms in total. The van der Waals surface area contributed by atoms with Gasteiger partial charge < -0.3 is 14.8 Å². The van der Waals surface area contributed by atoms with Gasteiger partial charge in [0.1, 0.15) is 6.61 Å². The number of benzene rings is 3. The van der Waals surface area contributed by atoms with Crippen LogP contribution in [0.3, 0.4) is 0 Å². The highest BCUT2D eigenvalue weighted by Crippen LogP contribution is 2.34. The lowest BCUT2D eigenvalue weighted by Crippen LogP contribution is -2.03. The van der Waals surface area contributed by atoms with Gasteiger partial charge in [-0.3, -0.25) is 0 Å². The topological polar surface area (TPSA) is 30.5 Å². The van der Waals surface area contributed by atoms with Gasteiger partial charge in [-0.15, -0.1) is 0 Å². The molecule has 0 atom stereocenters. The standard InChI is InChI=1S/C24H26ClNO2/c1-16-5-8-19(9-6-16)15-28-24-13-22(25)20(12-23(24)27-4)14-26-21-10-7-17(2)18(3)11-21/h5-13,26H,14-15H2,1-4H3. The van der Waals surface area contributed by atoms with E-state index in [1.807, 2.05) is 12.1 Å². The average Bonchev–Trinajstić information content (AvgIpc) is 2.69. The van der Waals surface area contributed by atoms with Gasteiger partial charge in [-0.2, -0.15) is 0 Å². The van der Waals surface area contributed by atoms with E-state index in [-0.39, 0.29) is 0 Å². The van der Waals surface area contributed by atoms with Crippen LogP contribution in [-0.2, 0) is 13.2 Å². The minimum Gasteiger partial charge on any atom is -0.493 e. The van der Waals surface area contributed by atoms with Crippen LogP contribution in [0.15, 0.2) is 54.6 Å². The van der Waals surface area contributed by atoms with Crippen molar-refractivity contribution in [3.05, 3.63) is 87.4 Å². The van der Waals surface area contributed by atoms with Crippen molar-refractivity contribution in [3.8, 4) is 11.5 Å². The summed E-state index contributed by atoms with van der Waals surface area (Å²) in [6, 6.07) is 18.4. The molecule has 28 heavy (non-hydrogen) atoms. The van der Waals surface area contributed by atoms with Crippen molar-refractivity contribution in [1.82, 2.24) is 0 Å². The predicted molar refractivity (Wildman–Crippen MR) is 117 cm³/mol. The van der Waals surface area contributed by atoms with Gasteiger partial charge in [0.25, 0.3) is 0 Å². The largest absolute Gasteiger partial charge is 0.493 e. The van der Waals surface area contributed by atoms with E-state index in [1.54, 1.807) is 7.11 Å². The molecule has 0 bridgehead atoms. The van der Waals surface area contributed by atoms with Crippen LogP contribution in [0.5, 0.6) is 11.5 Å². The van der Waals surface area contributed by atoms with Crippen molar-refractivity contribution in [1.29, 1.82) is 0 Å². The molecule has 3 aromatic rings. The quantitative estimate of drug-likeness (QED) is 0.497. The molecule has 0 radical (unpaired) electrons. The van der Waals surface area contributed by atoms with Gasteiger partial charge in [0.05, 0.1) is 7.11 Å². The van der Waals surface area contributed by atoms with Crippen molar-refractivity contribution in [2.24, 2.45) is 0 Å². The van der Waals surface area contributed by atoms with Crippen LogP contribution in [-0.4, -0.2) is 7.11 Å². The Morgan fingerprint density at radius 3 is 2.29 bits per heavy atom. The van der Waals surface area contributed by atoms with Gasteiger partial charge in [-0.25, -0.2) is 0 Å². The maximum atomic E-state index is 6.51. The summed E-state index contributed by atoms with van der Waals surface area (Å²) in [6.45, 7) is 7.36. The normalized spacial score (nSPS) is 10.6. The van der Waals surface area contributed by atoms with E-state index in [4.69, 9.17) is 21.1 Å². The zero-order chi connectivity index (χ0) is 20.1. The van der Waals surface area contributed by atoms with E-state index in [9.17, 15) is 0 Å². The second kappa shape index (κ2) is 9.03. The summed E-state index contributed by atoms with van der Waals surface area (Å²) < 4.78 is 11.5. The Hall–Kier alpha value is -2.65. The first-order valence-electron chi connectivity index (χ1n) is 9.32. The van der Waals surface area contributed by atoms with Crippen LogP contribution in [0.1, 0.15) is 27.8 Å². The van der Waals surface area contributed by atoms with Crippen molar-refractivity contribution >= 4 is 17.3 Å². The Labute approximate surface area is 172 Å². The van der Waals surface area contributed by atoms with Gasteiger partial charge in [-0.05, 0) is 61.2 Å². The highest BCUT2D eigenvalue weighted by atomic mass is 35.5. The van der Waals surface area contributed by atoms with E-state index < -0.39 is 0 Å². The third kappa shape index (κ3) is 4.99. The van der Waals surface area contributed by atoms with Crippen LogP contribution in [0.25, 0.3) is 0 Å². The Morgan fingerprint density at radius 2 is 1.61 bits per heavy atom. The number of aryl methyl sites for hydroxylation is 3. The molecule has 3 rings (SSSR count). The van der Waals surface area contributed by atoms with Gasteiger partial charge in [0.15, 0.2) is 11.5 Å². The Balaban J connectivity index is 1.71. The van der Waals surface area contributed by atoms with Crippen molar-refractivity contribution in [3.63, 3.8) is 0 Å². The molecule has 0 spiro atoms. The number of ether oxygens (including phenoxy) is 2. The maximum Gasteiger partial charge on any atom is 0.163 e. The summed E-state index contributed by atoms with van der Waals surface area (Å²) in [7, 11) is 1.64. The van der Waals surface area contributed by atoms with E-state index >= 15 is 0 Å². The smallest absolute Gasteiger partial charge is 0.163 e. The first-order valence-corrected chi connectivity index (χ1v) is 9.70. The SMILES string of the molecule is COc1cc(CNc2ccc(C)c(C)c2)c(Cl)cc1OCc1ccc(C)cc1. The first kappa shape index (κ1) is 20.1. The predicted octanol–water partition coefficient (Wildman–Crippen LogP) is 6.46. The molecule has 0 heterocycles. The zero-order valence-electron chi connectivity index (χ0n) is 16.8. The number of nitrogens with one attached hydrogen (secondary N) is 1. The summed E-state index contributed by atoms with van der Waals surface area (Å²) in [5, 5.41) is 4.07. The number of halogens is 1. The van der Waals surface area contributed by atoms with Crippen LogP contribution in [0.4, 0.5) is 5.69 Å². The van der Waals surface area contributed by atoms with E-state index in [0.717, 1.165) is 16.8 Å². The molecular formula is C24H26ClNO2. The molecule has 0 saturated carbocycles. The molecule has 4 heteroatoms. The number of anilines is 1. The van der Waals surface area contributed by atoms with E-state index in [0.29, 0.717) is 29.7 Å². The molecule has 146 valence electrons. The number of methoxy groups -OCH3 is 1. The Morgan fingerprint density at radius 1 is 0.857 bits per heavy atom. The van der Waals surface area contributed by atoms with Gasteiger partial charge >= 0.3 is 0 Å². The lowest BCUT2D eigenvalue weighted by atomic mass is 10.1.